The fourth-order valence-corrected chi connectivity index (χ4v) is 4.82. The number of hydrogen-bond donors (Lipinski definition) is 0. The predicted molar refractivity (Wildman–Crippen MR) is 103 cm³/mol. The second kappa shape index (κ2) is 7.31. The third-order valence-electron chi connectivity index (χ3n) is 6.31. The van der Waals surface area contributed by atoms with E-state index in [0.717, 1.165) is 39.0 Å². The van der Waals surface area contributed by atoms with Crippen LogP contribution in [-0.4, -0.2) is 59.8 Å². The summed E-state index contributed by atoms with van der Waals surface area (Å²) in [6.07, 6.45) is 6.73. The number of carbonyl (C=O) groups excluding carboxylic acids is 1. The predicted octanol–water partition coefficient (Wildman–Crippen LogP) is 3.59. The number of rotatable bonds is 2. The number of aromatic nitrogens is 1. The van der Waals surface area contributed by atoms with Crippen molar-refractivity contribution in [3.63, 3.8) is 0 Å². The maximum absolute atomic E-state index is 11.6. The topological polar surface area (TPSA) is 37.7 Å². The maximum atomic E-state index is 11.6. The molecule has 26 heavy (non-hydrogen) atoms. The van der Waals surface area contributed by atoms with Gasteiger partial charge in [-0.3, -0.25) is 0 Å². The fourth-order valence-electron chi connectivity index (χ4n) is 4.82. The van der Waals surface area contributed by atoms with Gasteiger partial charge in [-0.25, -0.2) is 4.79 Å². The highest BCUT2D eigenvalue weighted by atomic mass is 16.5. The summed E-state index contributed by atoms with van der Waals surface area (Å²) in [7, 11) is 3.61. The van der Waals surface area contributed by atoms with Gasteiger partial charge in [0, 0.05) is 43.3 Å². The monoisotopic (exact) mass is 355 g/mol. The zero-order valence-corrected chi connectivity index (χ0v) is 15.9. The molecule has 5 nitrogen and oxygen atoms in total. The summed E-state index contributed by atoms with van der Waals surface area (Å²) < 4.78 is 7.11. The third-order valence-corrected chi connectivity index (χ3v) is 6.31. The number of nitrogens with zero attached hydrogens (tertiary/aromatic N) is 3. The van der Waals surface area contributed by atoms with Gasteiger partial charge >= 0.3 is 6.09 Å². The Morgan fingerprint density at radius 3 is 2.42 bits per heavy atom. The molecule has 0 N–H and O–H groups in total. The van der Waals surface area contributed by atoms with Crippen LogP contribution in [0.5, 0.6) is 0 Å². The Morgan fingerprint density at radius 1 is 1.04 bits per heavy atom. The highest BCUT2D eigenvalue weighted by Gasteiger charge is 2.31. The number of aryl methyl sites for hydroxylation is 1. The van der Waals surface area contributed by atoms with Crippen LogP contribution in [-0.2, 0) is 11.8 Å². The molecule has 1 amide bonds. The second-order valence-electron chi connectivity index (χ2n) is 7.71. The summed E-state index contributed by atoms with van der Waals surface area (Å²) in [5, 5.41) is 1.42. The molecule has 140 valence electrons. The van der Waals surface area contributed by atoms with Crippen molar-refractivity contribution in [1.82, 2.24) is 14.4 Å². The van der Waals surface area contributed by atoms with E-state index in [9.17, 15) is 4.79 Å². The maximum Gasteiger partial charge on any atom is 0.409 e. The molecule has 5 heteroatoms. The van der Waals surface area contributed by atoms with E-state index < -0.39 is 0 Å². The van der Waals surface area contributed by atoms with Crippen molar-refractivity contribution >= 4 is 17.0 Å². The number of para-hydroxylation sites is 1. The minimum Gasteiger partial charge on any atom is -0.453 e. The highest BCUT2D eigenvalue weighted by Crippen LogP contribution is 2.35. The normalized spacial score (nSPS) is 20.6. The van der Waals surface area contributed by atoms with E-state index in [-0.39, 0.29) is 6.09 Å². The molecule has 2 aromatic rings. The van der Waals surface area contributed by atoms with Crippen LogP contribution in [0.2, 0.25) is 0 Å². The summed E-state index contributed by atoms with van der Waals surface area (Å²) in [6.45, 7) is 3.97. The molecular weight excluding hydrogens is 326 g/mol. The molecule has 2 fully saturated rings. The summed E-state index contributed by atoms with van der Waals surface area (Å²) in [5.41, 5.74) is 2.85. The Balaban J connectivity index is 1.37. The van der Waals surface area contributed by atoms with Crippen LogP contribution < -0.4 is 0 Å². The van der Waals surface area contributed by atoms with Gasteiger partial charge in [0.15, 0.2) is 0 Å². The SMILES string of the molecule is COC(=O)N1CCC(N2CCC(c3cn(C)c4ccccc34)CC2)CC1. The smallest absolute Gasteiger partial charge is 0.409 e. The summed E-state index contributed by atoms with van der Waals surface area (Å²) in [4.78, 5) is 16.1. The van der Waals surface area contributed by atoms with Crippen LogP contribution in [0, 0.1) is 0 Å². The first kappa shape index (κ1) is 17.4. The standard InChI is InChI=1S/C21H29N3O2/c1-22-15-19(18-5-3-4-6-20(18)22)16-7-11-23(12-8-16)17-9-13-24(14-10-17)21(25)26-2/h3-6,15-17H,7-14H2,1-2H3. The van der Waals surface area contributed by atoms with Crippen molar-refractivity contribution in [3.8, 4) is 0 Å². The van der Waals surface area contributed by atoms with Crippen molar-refractivity contribution in [2.24, 2.45) is 7.05 Å². The van der Waals surface area contributed by atoms with E-state index in [0.29, 0.717) is 12.0 Å². The number of ether oxygens (including phenoxy) is 1. The molecular formula is C21H29N3O2. The Labute approximate surface area is 155 Å². The van der Waals surface area contributed by atoms with E-state index in [2.05, 4.69) is 47.0 Å². The first-order valence-electron chi connectivity index (χ1n) is 9.78. The molecule has 3 heterocycles. The van der Waals surface area contributed by atoms with Gasteiger partial charge in [0.25, 0.3) is 0 Å². The van der Waals surface area contributed by atoms with Crippen molar-refractivity contribution in [2.75, 3.05) is 33.3 Å². The summed E-state index contributed by atoms with van der Waals surface area (Å²) in [6, 6.07) is 9.36. The van der Waals surface area contributed by atoms with Crippen molar-refractivity contribution < 1.29 is 9.53 Å². The minimum absolute atomic E-state index is 0.182. The number of hydrogen-bond acceptors (Lipinski definition) is 3. The van der Waals surface area contributed by atoms with E-state index in [1.807, 2.05) is 4.90 Å². The Bertz CT molecular complexity index is 769. The molecule has 0 aliphatic carbocycles. The van der Waals surface area contributed by atoms with Gasteiger partial charge < -0.3 is 19.1 Å². The van der Waals surface area contributed by atoms with Crippen LogP contribution in [0.4, 0.5) is 4.79 Å². The lowest BCUT2D eigenvalue weighted by molar-refractivity contribution is 0.0734. The fraction of sp³-hybridized carbons (Fsp3) is 0.571. The average Bonchev–Trinajstić information content (AvgIpc) is 3.05. The van der Waals surface area contributed by atoms with Gasteiger partial charge in [-0.05, 0) is 56.3 Å². The molecule has 2 aliphatic heterocycles. The van der Waals surface area contributed by atoms with Gasteiger partial charge in [0.05, 0.1) is 7.11 Å². The van der Waals surface area contributed by atoms with Crippen molar-refractivity contribution in [3.05, 3.63) is 36.0 Å². The molecule has 0 unspecified atom stereocenters. The zero-order valence-electron chi connectivity index (χ0n) is 15.9. The molecule has 0 spiro atoms. The summed E-state index contributed by atoms with van der Waals surface area (Å²) >= 11 is 0. The van der Waals surface area contributed by atoms with E-state index in [1.54, 1.807) is 0 Å². The van der Waals surface area contributed by atoms with Gasteiger partial charge in [0.2, 0.25) is 0 Å². The lowest BCUT2D eigenvalue weighted by Crippen LogP contribution is -2.48. The molecule has 1 aromatic carbocycles. The van der Waals surface area contributed by atoms with Gasteiger partial charge in [-0.1, -0.05) is 18.2 Å². The van der Waals surface area contributed by atoms with Crippen LogP contribution >= 0.6 is 0 Å². The van der Waals surface area contributed by atoms with E-state index >= 15 is 0 Å². The number of likely N-dealkylation sites (tertiary alicyclic amines) is 2. The molecule has 0 radical (unpaired) electrons. The van der Waals surface area contributed by atoms with Crippen LogP contribution in [0.3, 0.4) is 0 Å². The first-order chi connectivity index (χ1) is 12.7. The van der Waals surface area contributed by atoms with Crippen LogP contribution in [0.1, 0.15) is 37.2 Å². The Morgan fingerprint density at radius 2 is 1.73 bits per heavy atom. The second-order valence-corrected chi connectivity index (χ2v) is 7.71. The quantitative estimate of drug-likeness (QED) is 0.826. The van der Waals surface area contributed by atoms with E-state index in [4.69, 9.17) is 4.74 Å². The van der Waals surface area contributed by atoms with Crippen molar-refractivity contribution in [1.29, 1.82) is 0 Å². The van der Waals surface area contributed by atoms with Gasteiger partial charge in [0.1, 0.15) is 0 Å². The molecule has 0 bridgehead atoms. The van der Waals surface area contributed by atoms with E-state index in [1.165, 1.54) is 36.4 Å². The molecule has 0 atom stereocenters. The van der Waals surface area contributed by atoms with Gasteiger partial charge in [-0.2, -0.15) is 0 Å². The lowest BCUT2D eigenvalue weighted by Gasteiger charge is -2.41. The Kier molecular flexibility index (Phi) is 4.90. The Hall–Kier alpha value is -2.01. The highest BCUT2D eigenvalue weighted by molar-refractivity contribution is 5.84. The number of amides is 1. The number of piperidine rings is 2. The summed E-state index contributed by atoms with van der Waals surface area (Å²) in [5.74, 6) is 0.660. The zero-order chi connectivity index (χ0) is 18.1. The van der Waals surface area contributed by atoms with Crippen molar-refractivity contribution in [2.45, 2.75) is 37.6 Å². The number of methoxy groups -OCH3 is 1. The first-order valence-corrected chi connectivity index (χ1v) is 9.78. The number of fused-ring (bicyclic) bond motifs is 1. The number of carbonyl (C=O) groups is 1. The lowest BCUT2D eigenvalue weighted by atomic mass is 9.88. The van der Waals surface area contributed by atoms with Crippen LogP contribution in [0.15, 0.2) is 30.5 Å². The molecule has 4 rings (SSSR count). The van der Waals surface area contributed by atoms with Crippen LogP contribution in [0.25, 0.3) is 10.9 Å². The molecule has 2 aliphatic rings. The van der Waals surface area contributed by atoms with Gasteiger partial charge in [-0.15, -0.1) is 0 Å². The molecule has 2 saturated heterocycles. The third kappa shape index (κ3) is 3.20. The largest absolute Gasteiger partial charge is 0.453 e. The molecule has 0 saturated carbocycles. The average molecular weight is 355 g/mol. The minimum atomic E-state index is -0.182. The molecule has 1 aromatic heterocycles. The number of benzene rings is 1.